The van der Waals surface area contributed by atoms with E-state index in [2.05, 4.69) is 20.3 Å². The van der Waals surface area contributed by atoms with Gasteiger partial charge in [0.05, 0.1) is 11.5 Å². The van der Waals surface area contributed by atoms with E-state index in [1.165, 1.54) is 0 Å². The van der Waals surface area contributed by atoms with Crippen molar-refractivity contribution in [2.24, 2.45) is 0 Å². The van der Waals surface area contributed by atoms with Gasteiger partial charge in [0.2, 0.25) is 5.95 Å². The Morgan fingerprint density at radius 1 is 1.41 bits per heavy atom. The van der Waals surface area contributed by atoms with Gasteiger partial charge in [-0.3, -0.25) is 9.36 Å². The lowest BCUT2D eigenvalue weighted by molar-refractivity contribution is 0.0935. The first-order valence-electron chi connectivity index (χ1n) is 6.78. The number of sulfone groups is 1. The third-order valence-corrected chi connectivity index (χ3v) is 5.15. The molecule has 2 aromatic heterocycles. The monoisotopic (exact) mass is 321 g/mol. The van der Waals surface area contributed by atoms with Gasteiger partial charge in [0.15, 0.2) is 9.84 Å². The smallest absolute Gasteiger partial charge is 0.270 e. The first-order valence-corrected chi connectivity index (χ1v) is 8.60. The lowest BCUT2D eigenvalue weighted by atomic mass is 10.2. The summed E-state index contributed by atoms with van der Waals surface area (Å²) in [4.78, 5) is 24.6. The number of hydrogen-bond acceptors (Lipinski definition) is 6. The lowest BCUT2D eigenvalue weighted by Crippen LogP contribution is -2.36. The molecule has 1 atom stereocenters. The summed E-state index contributed by atoms with van der Waals surface area (Å²) in [5.41, 5.74) is 0.850. The van der Waals surface area contributed by atoms with E-state index in [4.69, 9.17) is 0 Å². The second kappa shape index (κ2) is 5.48. The largest absolute Gasteiger partial charge is 0.347 e. The molecular weight excluding hydrogens is 306 g/mol. The summed E-state index contributed by atoms with van der Waals surface area (Å²) >= 11 is 0. The number of aryl methyl sites for hydroxylation is 1. The molecule has 3 rings (SSSR count). The van der Waals surface area contributed by atoms with Crippen molar-refractivity contribution in [1.82, 2.24) is 24.8 Å². The van der Waals surface area contributed by atoms with E-state index in [-0.39, 0.29) is 23.2 Å². The maximum absolute atomic E-state index is 12.3. The molecule has 22 heavy (non-hydrogen) atoms. The fraction of sp³-hybridized carbons (Fsp3) is 0.385. The standard InChI is InChI=1S/C13H15N5O3S/c1-9-6-11(17-13(15-9)18-4-3-14-8-18)12(19)16-10-2-5-22(20,21)7-10/h3-4,6,8,10H,2,5,7H2,1H3,(H,16,19)/t10-/m1/s1. The molecule has 0 unspecified atom stereocenters. The summed E-state index contributed by atoms with van der Waals surface area (Å²) in [5.74, 6) is 0.0498. The van der Waals surface area contributed by atoms with Crippen LogP contribution in [0.25, 0.3) is 5.95 Å². The van der Waals surface area contributed by atoms with Crippen molar-refractivity contribution >= 4 is 15.7 Å². The first kappa shape index (κ1) is 14.6. The van der Waals surface area contributed by atoms with E-state index in [1.807, 2.05) is 0 Å². The molecule has 1 aliphatic rings. The van der Waals surface area contributed by atoms with Crippen molar-refractivity contribution in [3.05, 3.63) is 36.2 Å². The number of carbonyl (C=O) groups is 1. The minimum Gasteiger partial charge on any atom is -0.347 e. The number of hydrogen-bond donors (Lipinski definition) is 1. The Morgan fingerprint density at radius 3 is 2.86 bits per heavy atom. The summed E-state index contributed by atoms with van der Waals surface area (Å²) in [5, 5.41) is 2.72. The minimum absolute atomic E-state index is 0.0167. The molecule has 8 nitrogen and oxygen atoms in total. The molecule has 1 saturated heterocycles. The summed E-state index contributed by atoms with van der Waals surface area (Å²) in [6.07, 6.45) is 5.25. The molecule has 1 aliphatic heterocycles. The summed E-state index contributed by atoms with van der Waals surface area (Å²) in [7, 11) is -3.03. The second-order valence-electron chi connectivity index (χ2n) is 5.24. The van der Waals surface area contributed by atoms with Crippen LogP contribution in [0.1, 0.15) is 22.6 Å². The Hall–Kier alpha value is -2.29. The highest BCUT2D eigenvalue weighted by Gasteiger charge is 2.29. The normalized spacial score (nSPS) is 20.0. The van der Waals surface area contributed by atoms with E-state index < -0.39 is 15.7 Å². The zero-order chi connectivity index (χ0) is 15.7. The van der Waals surface area contributed by atoms with Crippen LogP contribution in [0, 0.1) is 6.92 Å². The first-order chi connectivity index (χ1) is 10.4. The summed E-state index contributed by atoms with van der Waals surface area (Å²) in [6, 6.07) is 1.21. The molecule has 9 heteroatoms. The quantitative estimate of drug-likeness (QED) is 0.845. The van der Waals surface area contributed by atoms with Crippen molar-refractivity contribution in [2.45, 2.75) is 19.4 Å². The molecule has 0 radical (unpaired) electrons. The molecule has 0 aromatic carbocycles. The molecule has 2 aromatic rings. The van der Waals surface area contributed by atoms with E-state index in [9.17, 15) is 13.2 Å². The third kappa shape index (κ3) is 3.14. The van der Waals surface area contributed by atoms with E-state index >= 15 is 0 Å². The average molecular weight is 321 g/mol. The lowest BCUT2D eigenvalue weighted by Gasteiger charge is -2.11. The van der Waals surface area contributed by atoms with Crippen LogP contribution >= 0.6 is 0 Å². The van der Waals surface area contributed by atoms with Gasteiger partial charge in [0, 0.05) is 24.1 Å². The summed E-state index contributed by atoms with van der Waals surface area (Å²) in [6.45, 7) is 1.76. The molecule has 1 N–H and O–H groups in total. The molecule has 0 spiro atoms. The molecule has 1 amide bonds. The molecule has 1 fully saturated rings. The van der Waals surface area contributed by atoms with Crippen LogP contribution in [0.2, 0.25) is 0 Å². The molecular formula is C13H15N5O3S. The summed E-state index contributed by atoms with van der Waals surface area (Å²) < 4.78 is 24.5. The fourth-order valence-electron chi connectivity index (χ4n) is 2.33. The number of imidazole rings is 1. The van der Waals surface area contributed by atoms with Gasteiger partial charge in [0.25, 0.3) is 5.91 Å². The van der Waals surface area contributed by atoms with Gasteiger partial charge >= 0.3 is 0 Å². The Bertz CT molecular complexity index is 801. The molecule has 0 aliphatic carbocycles. The number of nitrogens with one attached hydrogen (secondary N) is 1. The molecule has 3 heterocycles. The van der Waals surface area contributed by atoms with Crippen molar-refractivity contribution in [3.8, 4) is 5.95 Å². The van der Waals surface area contributed by atoms with Crippen molar-refractivity contribution in [3.63, 3.8) is 0 Å². The molecule has 116 valence electrons. The maximum Gasteiger partial charge on any atom is 0.270 e. The van der Waals surface area contributed by atoms with Crippen LogP contribution in [-0.2, 0) is 9.84 Å². The van der Waals surface area contributed by atoms with Crippen molar-refractivity contribution in [1.29, 1.82) is 0 Å². The maximum atomic E-state index is 12.3. The Balaban J connectivity index is 1.81. The Labute approximate surface area is 127 Å². The average Bonchev–Trinajstić information content (AvgIpc) is 3.08. The highest BCUT2D eigenvalue weighted by Crippen LogP contribution is 2.12. The van der Waals surface area contributed by atoms with Gasteiger partial charge in [0.1, 0.15) is 12.0 Å². The van der Waals surface area contributed by atoms with Gasteiger partial charge in [-0.25, -0.2) is 23.4 Å². The number of amides is 1. The number of rotatable bonds is 3. The Morgan fingerprint density at radius 2 is 2.23 bits per heavy atom. The van der Waals surface area contributed by atoms with Crippen LogP contribution in [0.5, 0.6) is 0 Å². The van der Waals surface area contributed by atoms with Crippen LogP contribution in [0.4, 0.5) is 0 Å². The van der Waals surface area contributed by atoms with Crippen LogP contribution < -0.4 is 5.32 Å². The van der Waals surface area contributed by atoms with Crippen LogP contribution in [-0.4, -0.2) is 51.4 Å². The second-order valence-corrected chi connectivity index (χ2v) is 7.47. The fourth-order valence-corrected chi connectivity index (χ4v) is 4.00. The van der Waals surface area contributed by atoms with Gasteiger partial charge in [-0.2, -0.15) is 0 Å². The van der Waals surface area contributed by atoms with Gasteiger partial charge in [-0.05, 0) is 19.4 Å². The zero-order valence-corrected chi connectivity index (χ0v) is 12.7. The highest BCUT2D eigenvalue weighted by molar-refractivity contribution is 7.91. The van der Waals surface area contributed by atoms with E-state index in [0.29, 0.717) is 18.1 Å². The predicted molar refractivity (Wildman–Crippen MR) is 78.4 cm³/mol. The minimum atomic E-state index is -3.03. The molecule has 0 bridgehead atoms. The SMILES string of the molecule is Cc1cc(C(=O)N[C@@H]2CCS(=O)(=O)C2)nc(-n2ccnc2)n1. The van der Waals surface area contributed by atoms with Crippen molar-refractivity contribution < 1.29 is 13.2 Å². The topological polar surface area (TPSA) is 107 Å². The van der Waals surface area contributed by atoms with E-state index in [1.54, 1.807) is 36.3 Å². The third-order valence-electron chi connectivity index (χ3n) is 3.38. The van der Waals surface area contributed by atoms with Gasteiger partial charge in [-0.1, -0.05) is 0 Å². The van der Waals surface area contributed by atoms with E-state index in [0.717, 1.165) is 0 Å². The highest BCUT2D eigenvalue weighted by atomic mass is 32.2. The van der Waals surface area contributed by atoms with Gasteiger partial charge < -0.3 is 5.32 Å². The number of carbonyl (C=O) groups excluding carboxylic acids is 1. The zero-order valence-electron chi connectivity index (χ0n) is 11.9. The van der Waals surface area contributed by atoms with Gasteiger partial charge in [-0.15, -0.1) is 0 Å². The predicted octanol–water partition coefficient (Wildman–Crippen LogP) is -0.112. The Kier molecular flexibility index (Phi) is 3.65. The van der Waals surface area contributed by atoms with Crippen LogP contribution in [0.3, 0.4) is 0 Å². The van der Waals surface area contributed by atoms with Crippen LogP contribution in [0.15, 0.2) is 24.8 Å². The molecule has 0 saturated carbocycles. The van der Waals surface area contributed by atoms with Crippen molar-refractivity contribution in [2.75, 3.05) is 11.5 Å². The number of nitrogens with zero attached hydrogens (tertiary/aromatic N) is 4. The number of aromatic nitrogens is 4.